The molecule has 2 aliphatic heterocycles. The maximum atomic E-state index is 14.1. The number of hydrogen-bond acceptors (Lipinski definition) is 3. The number of carbonyl (C=O) groups is 1. The summed E-state index contributed by atoms with van der Waals surface area (Å²) in [6.07, 6.45) is 6.27. The number of hydrogen-bond donors (Lipinski definition) is 1. The molecule has 2 heterocycles. The van der Waals surface area contributed by atoms with E-state index in [0.717, 1.165) is 63.8 Å². The van der Waals surface area contributed by atoms with Crippen LogP contribution in [0.4, 0.5) is 8.78 Å². The zero-order valence-corrected chi connectivity index (χ0v) is 20.3. The molecule has 2 aromatic rings. The molecule has 0 radical (unpaired) electrons. The van der Waals surface area contributed by atoms with Crippen molar-refractivity contribution in [2.45, 2.75) is 56.4 Å². The summed E-state index contributed by atoms with van der Waals surface area (Å²) in [5, 5.41) is 10.0. The Labute approximate surface area is 206 Å². The topological polar surface area (TPSA) is 43.8 Å². The second-order valence-electron chi connectivity index (χ2n) is 10.9. The first-order chi connectivity index (χ1) is 17.0. The minimum absolute atomic E-state index is 0.128. The van der Waals surface area contributed by atoms with E-state index in [-0.39, 0.29) is 23.5 Å². The van der Waals surface area contributed by atoms with Crippen molar-refractivity contribution in [2.24, 2.45) is 11.8 Å². The van der Waals surface area contributed by atoms with E-state index in [1.165, 1.54) is 18.1 Å². The van der Waals surface area contributed by atoms with Crippen molar-refractivity contribution in [3.8, 4) is 0 Å². The molecule has 0 spiro atoms. The van der Waals surface area contributed by atoms with E-state index in [4.69, 9.17) is 0 Å². The van der Waals surface area contributed by atoms with Gasteiger partial charge in [0, 0.05) is 25.6 Å². The lowest BCUT2D eigenvalue weighted by molar-refractivity contribution is -0.144. The summed E-state index contributed by atoms with van der Waals surface area (Å²) in [5.41, 5.74) is 2.18. The number of aliphatic carboxylic acids is 1. The monoisotopic (exact) mass is 482 g/mol. The van der Waals surface area contributed by atoms with Crippen molar-refractivity contribution >= 4 is 5.97 Å². The van der Waals surface area contributed by atoms with Crippen LogP contribution in [0.5, 0.6) is 0 Å². The highest BCUT2D eigenvalue weighted by atomic mass is 19.1. The Morgan fingerprint density at radius 3 is 2.31 bits per heavy atom. The van der Waals surface area contributed by atoms with Crippen molar-refractivity contribution < 1.29 is 18.7 Å². The van der Waals surface area contributed by atoms with Gasteiger partial charge in [-0.1, -0.05) is 43.5 Å². The largest absolute Gasteiger partial charge is 0.480 e. The number of nitrogens with zero attached hydrogens (tertiary/aromatic N) is 2. The number of carboxylic acid groups (broad SMARTS) is 1. The number of rotatable bonds is 8. The van der Waals surface area contributed by atoms with Gasteiger partial charge in [0.1, 0.15) is 17.7 Å². The Bertz CT molecular complexity index is 1000. The number of halogens is 2. The van der Waals surface area contributed by atoms with E-state index in [9.17, 15) is 18.7 Å². The zero-order valence-electron chi connectivity index (χ0n) is 20.3. The fraction of sp³-hybridized carbons (Fsp3) is 0.552. The molecule has 5 rings (SSSR count). The van der Waals surface area contributed by atoms with Crippen LogP contribution in [0.25, 0.3) is 0 Å². The van der Waals surface area contributed by atoms with E-state index < -0.39 is 12.0 Å². The van der Waals surface area contributed by atoms with Gasteiger partial charge >= 0.3 is 5.97 Å². The summed E-state index contributed by atoms with van der Waals surface area (Å²) in [6.45, 7) is 4.24. The molecular formula is C29H36F2N2O2. The first kappa shape index (κ1) is 24.4. The SMILES string of the molecule is O=C(O)C(CC1CCC1)N1CC(CN2CCC(c3ccc(F)cc3)CC2)C(c2cccc(F)c2)C1. The molecule has 188 valence electrons. The summed E-state index contributed by atoms with van der Waals surface area (Å²) < 4.78 is 27.4. The van der Waals surface area contributed by atoms with Crippen molar-refractivity contribution in [2.75, 3.05) is 32.7 Å². The molecule has 3 fully saturated rings. The molecule has 4 nitrogen and oxygen atoms in total. The van der Waals surface area contributed by atoms with Gasteiger partial charge in [0.25, 0.3) is 0 Å². The Morgan fingerprint density at radius 2 is 1.69 bits per heavy atom. The molecule has 6 heteroatoms. The lowest BCUT2D eigenvalue weighted by Crippen LogP contribution is -2.43. The molecular weight excluding hydrogens is 446 g/mol. The third-order valence-corrected chi connectivity index (χ3v) is 8.67. The maximum absolute atomic E-state index is 14.1. The third-order valence-electron chi connectivity index (χ3n) is 8.67. The van der Waals surface area contributed by atoms with Crippen LogP contribution in [-0.2, 0) is 4.79 Å². The Morgan fingerprint density at radius 1 is 0.943 bits per heavy atom. The predicted molar refractivity (Wildman–Crippen MR) is 132 cm³/mol. The van der Waals surface area contributed by atoms with Crippen molar-refractivity contribution in [3.63, 3.8) is 0 Å². The maximum Gasteiger partial charge on any atom is 0.320 e. The second kappa shape index (κ2) is 10.8. The second-order valence-corrected chi connectivity index (χ2v) is 10.9. The molecule has 2 aromatic carbocycles. The van der Waals surface area contributed by atoms with Gasteiger partial charge in [0.05, 0.1) is 0 Å². The molecule has 0 aromatic heterocycles. The van der Waals surface area contributed by atoms with Crippen LogP contribution < -0.4 is 0 Å². The average Bonchev–Trinajstić information content (AvgIpc) is 3.22. The fourth-order valence-electron chi connectivity index (χ4n) is 6.42. The molecule has 3 atom stereocenters. The van der Waals surface area contributed by atoms with Crippen molar-refractivity contribution in [1.82, 2.24) is 9.80 Å². The van der Waals surface area contributed by atoms with Crippen LogP contribution in [0.3, 0.4) is 0 Å². The van der Waals surface area contributed by atoms with Crippen molar-refractivity contribution in [3.05, 3.63) is 71.3 Å². The van der Waals surface area contributed by atoms with E-state index in [2.05, 4.69) is 9.80 Å². The number of benzene rings is 2. The van der Waals surface area contributed by atoms with Crippen LogP contribution >= 0.6 is 0 Å². The highest BCUT2D eigenvalue weighted by molar-refractivity contribution is 5.73. The first-order valence-corrected chi connectivity index (χ1v) is 13.2. The highest BCUT2D eigenvalue weighted by Gasteiger charge is 2.41. The van der Waals surface area contributed by atoms with Gasteiger partial charge in [0.2, 0.25) is 0 Å². The van der Waals surface area contributed by atoms with Gasteiger partial charge in [-0.25, -0.2) is 8.78 Å². The van der Waals surface area contributed by atoms with Gasteiger partial charge in [-0.2, -0.15) is 0 Å². The minimum atomic E-state index is -0.726. The summed E-state index contributed by atoms with van der Waals surface area (Å²) in [5.74, 6) is 0.210. The van der Waals surface area contributed by atoms with Gasteiger partial charge in [-0.05, 0) is 85.5 Å². The number of carboxylic acids is 1. The molecule has 35 heavy (non-hydrogen) atoms. The van der Waals surface area contributed by atoms with Crippen LogP contribution in [0.15, 0.2) is 48.5 Å². The molecule has 2 saturated heterocycles. The van der Waals surface area contributed by atoms with Gasteiger partial charge < -0.3 is 10.0 Å². The average molecular weight is 483 g/mol. The Hall–Kier alpha value is -2.31. The molecule has 3 aliphatic rings. The van der Waals surface area contributed by atoms with E-state index in [0.29, 0.717) is 18.4 Å². The zero-order chi connectivity index (χ0) is 24.4. The van der Waals surface area contributed by atoms with Crippen molar-refractivity contribution in [1.29, 1.82) is 0 Å². The first-order valence-electron chi connectivity index (χ1n) is 13.2. The van der Waals surface area contributed by atoms with Crippen LogP contribution in [-0.4, -0.2) is 59.6 Å². The van der Waals surface area contributed by atoms with Crippen LogP contribution in [0.2, 0.25) is 0 Å². The quantitative estimate of drug-likeness (QED) is 0.539. The Balaban J connectivity index is 1.27. The van der Waals surface area contributed by atoms with Gasteiger partial charge in [-0.3, -0.25) is 9.69 Å². The van der Waals surface area contributed by atoms with Crippen LogP contribution in [0, 0.1) is 23.5 Å². The summed E-state index contributed by atoms with van der Waals surface area (Å²) in [4.78, 5) is 16.9. The van der Waals surface area contributed by atoms with Gasteiger partial charge in [0.15, 0.2) is 0 Å². The smallest absolute Gasteiger partial charge is 0.320 e. The predicted octanol–water partition coefficient (Wildman–Crippen LogP) is 5.50. The lowest BCUT2D eigenvalue weighted by Gasteiger charge is -2.35. The minimum Gasteiger partial charge on any atom is -0.480 e. The van der Waals surface area contributed by atoms with E-state index in [1.807, 2.05) is 18.2 Å². The lowest BCUT2D eigenvalue weighted by atomic mass is 9.80. The molecule has 1 N–H and O–H groups in total. The standard InChI is InChI=1S/C29H36F2N2O2/c30-25-9-7-21(8-10-25)22-11-13-32(14-12-22)17-24-18-33(28(29(34)35)15-20-3-1-4-20)19-27(24)23-5-2-6-26(31)16-23/h2,5-10,16,20,22,24,27-28H,1,3-4,11-15,17-19H2,(H,34,35). The molecule has 3 unspecified atom stereocenters. The van der Waals surface area contributed by atoms with Crippen LogP contribution in [0.1, 0.15) is 61.5 Å². The van der Waals surface area contributed by atoms with E-state index in [1.54, 1.807) is 24.3 Å². The third kappa shape index (κ3) is 5.75. The van der Waals surface area contributed by atoms with Gasteiger partial charge in [-0.15, -0.1) is 0 Å². The molecule has 1 aliphatic carbocycles. The number of piperidine rings is 1. The summed E-state index contributed by atoms with van der Waals surface area (Å²) in [6, 6.07) is 13.3. The molecule has 0 amide bonds. The number of likely N-dealkylation sites (tertiary alicyclic amines) is 2. The van der Waals surface area contributed by atoms with E-state index >= 15 is 0 Å². The fourth-order valence-corrected chi connectivity index (χ4v) is 6.42. The normalized spacial score (nSPS) is 25.4. The summed E-state index contributed by atoms with van der Waals surface area (Å²) in [7, 11) is 0. The molecule has 1 saturated carbocycles. The highest BCUT2D eigenvalue weighted by Crippen LogP contribution is 2.39. The summed E-state index contributed by atoms with van der Waals surface area (Å²) >= 11 is 0. The molecule has 0 bridgehead atoms. The Kier molecular flexibility index (Phi) is 7.49.